The minimum atomic E-state index is -2.81. The first-order chi connectivity index (χ1) is 5.54. The average molecular weight is 242 g/mol. The lowest BCUT2D eigenvalue weighted by molar-refractivity contribution is 0.149. The lowest BCUT2D eigenvalue weighted by Crippen LogP contribution is -2.12. The molecule has 1 aromatic rings. The van der Waals surface area contributed by atoms with Crippen molar-refractivity contribution < 1.29 is 13.2 Å². The molecule has 1 aromatic heterocycles. The molecule has 0 unspecified atom stereocenters. The summed E-state index contributed by atoms with van der Waals surface area (Å²) in [5.41, 5.74) is -1.58. The van der Waals surface area contributed by atoms with E-state index >= 15 is 0 Å². The second kappa shape index (κ2) is 3.30. The first-order valence-corrected chi connectivity index (χ1v) is 3.68. The Balaban J connectivity index is 3.36. The van der Waals surface area contributed by atoms with E-state index in [0.29, 0.717) is 0 Å². The normalized spacial score (nSPS) is 10.8. The standard InChI is InChI=1S/C6H3BrF3NO/c7-3-2(5(9)10)1-11-6(12)4(3)8/h1,5H,(H,11,12). The zero-order valence-corrected chi connectivity index (χ0v) is 7.16. The summed E-state index contributed by atoms with van der Waals surface area (Å²) in [6, 6.07) is 0. The van der Waals surface area contributed by atoms with Gasteiger partial charge in [0, 0.05) is 6.20 Å². The van der Waals surface area contributed by atoms with Crippen molar-refractivity contribution in [2.24, 2.45) is 0 Å². The van der Waals surface area contributed by atoms with Crippen molar-refractivity contribution in [2.75, 3.05) is 0 Å². The molecule has 0 saturated heterocycles. The van der Waals surface area contributed by atoms with Crippen molar-refractivity contribution >= 4 is 15.9 Å². The Morgan fingerprint density at radius 2 is 2.08 bits per heavy atom. The van der Waals surface area contributed by atoms with E-state index < -0.39 is 27.8 Å². The monoisotopic (exact) mass is 241 g/mol. The Morgan fingerprint density at radius 3 is 2.58 bits per heavy atom. The molecule has 66 valence electrons. The van der Waals surface area contributed by atoms with Crippen LogP contribution in [0.5, 0.6) is 0 Å². The lowest BCUT2D eigenvalue weighted by atomic mass is 10.3. The van der Waals surface area contributed by atoms with E-state index in [2.05, 4.69) is 15.9 Å². The molecule has 0 amide bonds. The van der Waals surface area contributed by atoms with Gasteiger partial charge in [0.25, 0.3) is 12.0 Å². The summed E-state index contributed by atoms with van der Waals surface area (Å²) in [5.74, 6) is -1.23. The van der Waals surface area contributed by atoms with Gasteiger partial charge in [0.15, 0.2) is 0 Å². The second-order valence-corrected chi connectivity index (χ2v) is 2.79. The fourth-order valence-corrected chi connectivity index (χ4v) is 1.12. The molecule has 0 aromatic carbocycles. The van der Waals surface area contributed by atoms with Gasteiger partial charge in [-0.25, -0.2) is 8.78 Å². The first kappa shape index (κ1) is 9.31. The molecule has 0 spiro atoms. The molecule has 0 radical (unpaired) electrons. The molecule has 0 aliphatic carbocycles. The summed E-state index contributed by atoms with van der Waals surface area (Å²) in [7, 11) is 0. The van der Waals surface area contributed by atoms with Gasteiger partial charge in [-0.15, -0.1) is 0 Å². The number of rotatable bonds is 1. The summed E-state index contributed by atoms with van der Waals surface area (Å²) in [6.07, 6.45) is -2.04. The van der Waals surface area contributed by atoms with E-state index in [1.165, 1.54) is 0 Å². The minimum Gasteiger partial charge on any atom is -0.326 e. The predicted molar refractivity (Wildman–Crippen MR) is 39.7 cm³/mol. The van der Waals surface area contributed by atoms with Gasteiger partial charge in [0.05, 0.1) is 10.0 Å². The van der Waals surface area contributed by atoms with E-state index in [1.807, 2.05) is 4.98 Å². The number of aromatic amines is 1. The van der Waals surface area contributed by atoms with Crippen molar-refractivity contribution in [3.8, 4) is 0 Å². The molecule has 1 rings (SSSR count). The number of H-pyrrole nitrogens is 1. The predicted octanol–water partition coefficient (Wildman–Crippen LogP) is 2.21. The van der Waals surface area contributed by atoms with Gasteiger partial charge in [0.1, 0.15) is 0 Å². The van der Waals surface area contributed by atoms with Gasteiger partial charge >= 0.3 is 0 Å². The second-order valence-electron chi connectivity index (χ2n) is 2.00. The number of halogens is 4. The van der Waals surface area contributed by atoms with Crippen LogP contribution in [0.4, 0.5) is 13.2 Å². The van der Waals surface area contributed by atoms with Crippen molar-refractivity contribution in [2.45, 2.75) is 6.43 Å². The average Bonchev–Trinajstić information content (AvgIpc) is 2.00. The summed E-state index contributed by atoms with van der Waals surface area (Å²) < 4.78 is 36.2. The third kappa shape index (κ3) is 1.52. The molecule has 0 fully saturated rings. The summed E-state index contributed by atoms with van der Waals surface area (Å²) in [4.78, 5) is 12.4. The molecule has 0 saturated carbocycles. The Bertz CT molecular complexity index is 349. The van der Waals surface area contributed by atoms with E-state index in [-0.39, 0.29) is 0 Å². The number of aromatic nitrogens is 1. The SMILES string of the molecule is O=c1[nH]cc(C(F)F)c(Br)c1F. The van der Waals surface area contributed by atoms with Crippen molar-refractivity contribution in [3.63, 3.8) is 0 Å². The topological polar surface area (TPSA) is 32.9 Å². The van der Waals surface area contributed by atoms with Gasteiger partial charge in [-0.2, -0.15) is 4.39 Å². The molecule has 1 N–H and O–H groups in total. The molecule has 6 heteroatoms. The van der Waals surface area contributed by atoms with Crippen LogP contribution in [0.2, 0.25) is 0 Å². The van der Waals surface area contributed by atoms with Gasteiger partial charge in [-0.1, -0.05) is 0 Å². The molecule has 0 aliphatic heterocycles. The number of hydrogen-bond acceptors (Lipinski definition) is 1. The Morgan fingerprint density at radius 1 is 1.50 bits per heavy atom. The molecule has 1 heterocycles. The highest BCUT2D eigenvalue weighted by Gasteiger charge is 2.16. The number of hydrogen-bond donors (Lipinski definition) is 1. The number of alkyl halides is 2. The molecule has 12 heavy (non-hydrogen) atoms. The maximum atomic E-state index is 12.6. The van der Waals surface area contributed by atoms with Crippen molar-refractivity contribution in [3.05, 3.63) is 32.4 Å². The summed E-state index contributed by atoms with van der Waals surface area (Å²) in [5, 5.41) is 0. The smallest absolute Gasteiger partial charge is 0.285 e. The fraction of sp³-hybridized carbons (Fsp3) is 0.167. The quantitative estimate of drug-likeness (QED) is 0.804. The van der Waals surface area contributed by atoms with Crippen LogP contribution in [-0.4, -0.2) is 4.98 Å². The molecular weight excluding hydrogens is 239 g/mol. The van der Waals surface area contributed by atoms with E-state index in [4.69, 9.17) is 0 Å². The zero-order chi connectivity index (χ0) is 9.30. The third-order valence-electron chi connectivity index (χ3n) is 1.24. The van der Waals surface area contributed by atoms with Crippen LogP contribution in [0.1, 0.15) is 12.0 Å². The van der Waals surface area contributed by atoms with Gasteiger partial charge < -0.3 is 4.98 Å². The number of nitrogens with one attached hydrogen (secondary N) is 1. The van der Waals surface area contributed by atoms with Gasteiger partial charge in [-0.05, 0) is 15.9 Å². The molecule has 0 atom stereocenters. The largest absolute Gasteiger partial charge is 0.326 e. The van der Waals surface area contributed by atoms with Crippen LogP contribution in [0.15, 0.2) is 15.5 Å². The zero-order valence-electron chi connectivity index (χ0n) is 5.57. The molecule has 2 nitrogen and oxygen atoms in total. The van der Waals surface area contributed by atoms with Gasteiger partial charge in [0.2, 0.25) is 5.82 Å². The highest BCUT2D eigenvalue weighted by Crippen LogP contribution is 2.26. The van der Waals surface area contributed by atoms with E-state index in [9.17, 15) is 18.0 Å². The van der Waals surface area contributed by atoms with Crippen LogP contribution in [0.3, 0.4) is 0 Å². The third-order valence-corrected chi connectivity index (χ3v) is 2.05. The van der Waals surface area contributed by atoms with Crippen molar-refractivity contribution in [1.29, 1.82) is 0 Å². The lowest BCUT2D eigenvalue weighted by Gasteiger charge is -2.01. The van der Waals surface area contributed by atoms with Gasteiger partial charge in [-0.3, -0.25) is 4.79 Å². The number of pyridine rings is 1. The maximum absolute atomic E-state index is 12.6. The fourth-order valence-electron chi connectivity index (χ4n) is 0.655. The molecule has 0 aliphatic rings. The van der Waals surface area contributed by atoms with Crippen LogP contribution in [-0.2, 0) is 0 Å². The van der Waals surface area contributed by atoms with Crippen molar-refractivity contribution in [1.82, 2.24) is 4.98 Å². The molecule has 0 bridgehead atoms. The Labute approximate surface area is 73.5 Å². The first-order valence-electron chi connectivity index (χ1n) is 2.88. The van der Waals surface area contributed by atoms with E-state index in [0.717, 1.165) is 6.20 Å². The van der Waals surface area contributed by atoms with Crippen LogP contribution in [0.25, 0.3) is 0 Å². The van der Waals surface area contributed by atoms with Crippen LogP contribution >= 0.6 is 15.9 Å². The molecular formula is C6H3BrF3NO. The highest BCUT2D eigenvalue weighted by molar-refractivity contribution is 9.10. The Kier molecular flexibility index (Phi) is 2.56. The summed E-state index contributed by atoms with van der Waals surface area (Å²) in [6.45, 7) is 0. The minimum absolute atomic E-state index is 0.485. The maximum Gasteiger partial charge on any atom is 0.285 e. The highest BCUT2D eigenvalue weighted by atomic mass is 79.9. The Hall–Kier alpha value is -0.780. The van der Waals surface area contributed by atoms with E-state index in [1.54, 1.807) is 0 Å². The van der Waals surface area contributed by atoms with Crippen LogP contribution in [0, 0.1) is 5.82 Å². The summed E-state index contributed by atoms with van der Waals surface area (Å²) >= 11 is 2.56. The van der Waals surface area contributed by atoms with Crippen LogP contribution < -0.4 is 5.56 Å².